The van der Waals surface area contributed by atoms with Gasteiger partial charge in [-0.05, 0) is 6.92 Å². The van der Waals surface area contributed by atoms with E-state index in [-0.39, 0.29) is 6.61 Å². The first-order valence-corrected chi connectivity index (χ1v) is 5.30. The minimum Gasteiger partial charge on any atom is -0.511 e. The van der Waals surface area contributed by atoms with Gasteiger partial charge in [0.25, 0.3) is 0 Å². The van der Waals surface area contributed by atoms with E-state index in [0.717, 1.165) is 0 Å². The molecule has 1 atom stereocenters. The van der Waals surface area contributed by atoms with Crippen LogP contribution in [0.2, 0.25) is 0 Å². The molecule has 0 spiro atoms. The maximum absolute atomic E-state index is 10.0. The fourth-order valence-corrected chi connectivity index (χ4v) is 1.18. The molecule has 0 aromatic carbocycles. The van der Waals surface area contributed by atoms with E-state index >= 15 is 0 Å². The zero-order valence-corrected chi connectivity index (χ0v) is 7.81. The van der Waals surface area contributed by atoms with Crippen molar-refractivity contribution in [2.45, 2.75) is 13.0 Å². The summed E-state index contributed by atoms with van der Waals surface area (Å²) in [7, 11) is -5.95. The third-order valence-electron chi connectivity index (χ3n) is 0.744. The Labute approximate surface area is 66.2 Å². The van der Waals surface area contributed by atoms with Gasteiger partial charge in [0, 0.05) is 0 Å². The standard InChI is InChI=1S/C3H8O6Si2/c1-3(9-11(6)7)2-8-10(4)5/h3-4,6H,2H2,1H3. The second-order valence-corrected chi connectivity index (χ2v) is 3.36. The van der Waals surface area contributed by atoms with Crippen LogP contribution in [0.15, 0.2) is 0 Å². The molecule has 1 unspecified atom stereocenters. The van der Waals surface area contributed by atoms with Gasteiger partial charge in [-0.2, -0.15) is 0 Å². The molecule has 0 aromatic heterocycles. The predicted molar refractivity (Wildman–Crippen MR) is 33.8 cm³/mol. The highest BCUT2D eigenvalue weighted by Crippen LogP contribution is 1.89. The highest BCUT2D eigenvalue weighted by Gasteiger charge is 2.13. The second-order valence-electron chi connectivity index (χ2n) is 1.77. The van der Waals surface area contributed by atoms with Crippen molar-refractivity contribution < 1.29 is 27.4 Å². The van der Waals surface area contributed by atoms with Gasteiger partial charge in [-0.25, -0.2) is 0 Å². The van der Waals surface area contributed by atoms with Crippen molar-refractivity contribution in [3.8, 4) is 0 Å². The molecule has 0 amide bonds. The van der Waals surface area contributed by atoms with Crippen molar-refractivity contribution in [1.82, 2.24) is 0 Å². The zero-order chi connectivity index (χ0) is 8.85. The van der Waals surface area contributed by atoms with Gasteiger partial charge in [0.2, 0.25) is 0 Å². The van der Waals surface area contributed by atoms with Gasteiger partial charge in [-0.1, -0.05) is 0 Å². The normalized spacial score (nSPS) is 11.7. The Morgan fingerprint density at radius 3 is 2.27 bits per heavy atom. The van der Waals surface area contributed by atoms with Crippen LogP contribution in [-0.4, -0.2) is 40.6 Å². The Hall–Kier alpha value is -0.766. The van der Waals surface area contributed by atoms with E-state index in [2.05, 4.69) is 8.85 Å². The Bertz CT molecular complexity index is 158. The summed E-state index contributed by atoms with van der Waals surface area (Å²) < 4.78 is 28.6. The van der Waals surface area contributed by atoms with Gasteiger partial charge in [-0.15, -0.1) is 0 Å². The Morgan fingerprint density at radius 1 is 1.36 bits per heavy atom. The molecule has 0 saturated carbocycles. The van der Waals surface area contributed by atoms with Crippen LogP contribution in [-0.2, 0) is 17.8 Å². The van der Waals surface area contributed by atoms with Crippen molar-refractivity contribution in [2.24, 2.45) is 0 Å². The van der Waals surface area contributed by atoms with Crippen molar-refractivity contribution in [2.75, 3.05) is 6.61 Å². The highest BCUT2D eigenvalue weighted by molar-refractivity contribution is 6.24. The average molecular weight is 196 g/mol. The van der Waals surface area contributed by atoms with Gasteiger partial charge in [0.1, 0.15) is 12.7 Å². The Balaban J connectivity index is 3.44. The molecule has 6 nitrogen and oxygen atoms in total. The Kier molecular flexibility index (Phi) is 4.61. The minimum absolute atomic E-state index is 0.161. The third-order valence-corrected chi connectivity index (χ3v) is 1.76. The lowest BCUT2D eigenvalue weighted by Gasteiger charge is -2.08. The molecule has 2 N–H and O–H groups in total. The quantitative estimate of drug-likeness (QED) is 0.505. The van der Waals surface area contributed by atoms with Crippen LogP contribution in [0.3, 0.4) is 0 Å². The molecule has 0 aromatic rings. The summed E-state index contributed by atoms with van der Waals surface area (Å²) in [5.74, 6) is 0. The van der Waals surface area contributed by atoms with Crippen molar-refractivity contribution in [1.29, 1.82) is 0 Å². The average Bonchev–Trinajstić information content (AvgIpc) is 1.82. The van der Waals surface area contributed by atoms with Crippen molar-refractivity contribution >= 4 is 18.3 Å². The van der Waals surface area contributed by atoms with Gasteiger partial charge in [0.15, 0.2) is 0 Å². The molecule has 0 heterocycles. The lowest BCUT2D eigenvalue weighted by Crippen LogP contribution is -2.23. The van der Waals surface area contributed by atoms with Crippen molar-refractivity contribution in [3.63, 3.8) is 0 Å². The molecule has 0 fully saturated rings. The smallest absolute Gasteiger partial charge is 0.511 e. The molecule has 0 saturated heterocycles. The number of hydrogen-bond donors (Lipinski definition) is 2. The van der Waals surface area contributed by atoms with Gasteiger partial charge in [0.05, 0.1) is 0 Å². The summed E-state index contributed by atoms with van der Waals surface area (Å²) in [4.78, 5) is 16.4. The second kappa shape index (κ2) is 4.96. The number of rotatable bonds is 5. The van der Waals surface area contributed by atoms with Crippen LogP contribution >= 0.6 is 0 Å². The SMILES string of the molecule is CC(CO[Si](=O)O)O[Si](=O)O. The first kappa shape index (κ1) is 10.2. The van der Waals surface area contributed by atoms with Gasteiger partial charge in [-0.3, -0.25) is 8.92 Å². The molecule has 64 valence electrons. The van der Waals surface area contributed by atoms with Crippen LogP contribution in [0.5, 0.6) is 0 Å². The van der Waals surface area contributed by atoms with E-state index < -0.39 is 24.4 Å². The van der Waals surface area contributed by atoms with Gasteiger partial charge < -0.3 is 18.4 Å². The fraction of sp³-hybridized carbons (Fsp3) is 1.00. The van der Waals surface area contributed by atoms with Crippen molar-refractivity contribution in [3.05, 3.63) is 0 Å². The van der Waals surface area contributed by atoms with Crippen LogP contribution < -0.4 is 0 Å². The van der Waals surface area contributed by atoms with E-state index in [4.69, 9.17) is 9.59 Å². The molecular formula is C3H8O6Si2. The Morgan fingerprint density at radius 2 is 1.91 bits per heavy atom. The van der Waals surface area contributed by atoms with E-state index in [1.54, 1.807) is 0 Å². The minimum atomic E-state index is -2.98. The monoisotopic (exact) mass is 196 g/mol. The van der Waals surface area contributed by atoms with E-state index in [9.17, 15) is 8.92 Å². The number of hydrogen-bond acceptors (Lipinski definition) is 4. The largest absolute Gasteiger partial charge is 0.764 e. The van der Waals surface area contributed by atoms with Gasteiger partial charge >= 0.3 is 18.3 Å². The van der Waals surface area contributed by atoms with E-state index in [0.29, 0.717) is 0 Å². The summed E-state index contributed by atoms with van der Waals surface area (Å²) in [6.07, 6.45) is -0.646. The fourth-order valence-electron chi connectivity index (χ4n) is 0.395. The molecule has 0 aliphatic heterocycles. The molecule has 8 heteroatoms. The van der Waals surface area contributed by atoms with E-state index in [1.165, 1.54) is 6.92 Å². The van der Waals surface area contributed by atoms with E-state index in [1.807, 2.05) is 0 Å². The molecule has 0 radical (unpaired) electrons. The summed E-state index contributed by atoms with van der Waals surface area (Å²) in [6, 6.07) is 0. The molecule has 0 bridgehead atoms. The van der Waals surface area contributed by atoms with Crippen LogP contribution in [0.25, 0.3) is 0 Å². The summed E-state index contributed by atoms with van der Waals surface area (Å²) in [5, 5.41) is 0. The predicted octanol–water partition coefficient (Wildman–Crippen LogP) is -1.78. The summed E-state index contributed by atoms with van der Waals surface area (Å²) in [5.41, 5.74) is 0. The highest BCUT2D eigenvalue weighted by atomic mass is 28.3. The lowest BCUT2D eigenvalue weighted by atomic mass is 10.5. The third kappa shape index (κ3) is 7.13. The molecule has 0 aliphatic carbocycles. The molecule has 11 heavy (non-hydrogen) atoms. The molecule has 0 aliphatic rings. The summed E-state index contributed by atoms with van der Waals surface area (Å²) >= 11 is 0. The molecule has 0 rings (SSSR count). The van der Waals surface area contributed by atoms with Crippen LogP contribution in [0.1, 0.15) is 6.92 Å². The topological polar surface area (TPSA) is 93.1 Å². The molecular weight excluding hydrogens is 188 g/mol. The first-order valence-electron chi connectivity index (χ1n) is 2.77. The van der Waals surface area contributed by atoms with Crippen LogP contribution in [0, 0.1) is 0 Å². The maximum atomic E-state index is 10.0. The lowest BCUT2D eigenvalue weighted by molar-refractivity contribution is 0.0921. The first-order chi connectivity index (χ1) is 5.02. The van der Waals surface area contributed by atoms with Crippen LogP contribution in [0.4, 0.5) is 0 Å². The summed E-state index contributed by atoms with van der Waals surface area (Å²) in [6.45, 7) is 1.30. The maximum Gasteiger partial charge on any atom is 0.764 e. The zero-order valence-electron chi connectivity index (χ0n) is 5.81.